The second-order valence-corrected chi connectivity index (χ2v) is 11.5. The fraction of sp³-hybridized carbons (Fsp3) is 0.562. The molecule has 0 unspecified atom stereocenters. The van der Waals surface area contributed by atoms with Gasteiger partial charge in [0.25, 0.3) is 0 Å². The van der Waals surface area contributed by atoms with Gasteiger partial charge in [-0.15, -0.1) is 13.2 Å². The van der Waals surface area contributed by atoms with Crippen molar-refractivity contribution < 1.29 is 33.8 Å². The van der Waals surface area contributed by atoms with Crippen molar-refractivity contribution in [2.24, 2.45) is 11.8 Å². The van der Waals surface area contributed by atoms with Gasteiger partial charge in [0.15, 0.2) is 0 Å². The van der Waals surface area contributed by atoms with Crippen LogP contribution in [0, 0.1) is 11.8 Å². The van der Waals surface area contributed by atoms with E-state index in [1.54, 1.807) is 17.1 Å². The number of carbonyl (C=O) groups is 4. The smallest absolute Gasteiger partial charge is 0.313 e. The molecule has 4 rings (SSSR count). The Morgan fingerprint density at radius 2 is 1.98 bits per heavy atom. The van der Waals surface area contributed by atoms with E-state index in [0.717, 1.165) is 0 Å². The minimum atomic E-state index is -1.16. The molecule has 3 amide bonds. The quantitative estimate of drug-likeness (QED) is 0.241. The second kappa shape index (κ2) is 13.6. The van der Waals surface area contributed by atoms with Gasteiger partial charge in [-0.3, -0.25) is 19.2 Å². The number of nitrogens with zero attached hydrogens (tertiary/aromatic N) is 2. The lowest BCUT2D eigenvalue weighted by molar-refractivity contribution is -0.160. The van der Waals surface area contributed by atoms with Crippen molar-refractivity contribution in [3.05, 3.63) is 61.2 Å². The number of esters is 1. The Labute approximate surface area is 247 Å². The predicted molar refractivity (Wildman–Crippen MR) is 156 cm³/mol. The van der Waals surface area contributed by atoms with Crippen LogP contribution in [0.2, 0.25) is 0 Å². The number of rotatable bonds is 15. The molecule has 1 aromatic rings. The Bertz CT molecular complexity index is 1170. The molecule has 2 N–H and O–H groups in total. The summed E-state index contributed by atoms with van der Waals surface area (Å²) in [4.78, 5) is 57.5. The molecule has 3 saturated heterocycles. The van der Waals surface area contributed by atoms with Crippen molar-refractivity contribution >= 4 is 23.7 Å². The monoisotopic (exact) mass is 581 g/mol. The normalized spacial score (nSPS) is 26.6. The number of hydrogen-bond donors (Lipinski definition) is 2. The summed E-state index contributed by atoms with van der Waals surface area (Å²) in [6, 6.07) is 8.07. The molecule has 3 aliphatic rings. The van der Waals surface area contributed by atoms with Crippen molar-refractivity contribution in [2.45, 2.75) is 75.8 Å². The zero-order valence-corrected chi connectivity index (χ0v) is 24.6. The number of carbonyl (C=O) groups excluding carboxylic acids is 4. The lowest BCUT2D eigenvalue weighted by Gasteiger charge is -2.38. The summed E-state index contributed by atoms with van der Waals surface area (Å²) in [5.41, 5.74) is -0.450. The molecule has 6 atom stereocenters. The first-order valence-electron chi connectivity index (χ1n) is 14.8. The molecule has 0 aromatic heterocycles. The van der Waals surface area contributed by atoms with Gasteiger partial charge in [0.2, 0.25) is 17.7 Å². The fourth-order valence-corrected chi connectivity index (χ4v) is 6.68. The van der Waals surface area contributed by atoms with Gasteiger partial charge < -0.3 is 29.7 Å². The molecule has 0 saturated carbocycles. The Morgan fingerprint density at radius 3 is 2.62 bits per heavy atom. The average molecular weight is 582 g/mol. The summed E-state index contributed by atoms with van der Waals surface area (Å²) in [7, 11) is 0. The molecule has 10 nitrogen and oxygen atoms in total. The molecule has 0 radical (unpaired) electrons. The highest BCUT2D eigenvalue weighted by Crippen LogP contribution is 2.59. The van der Waals surface area contributed by atoms with E-state index in [1.165, 1.54) is 4.90 Å². The summed E-state index contributed by atoms with van der Waals surface area (Å²) in [5.74, 6) is -3.13. The molecule has 1 aromatic carbocycles. The van der Waals surface area contributed by atoms with Gasteiger partial charge in [-0.05, 0) is 45.1 Å². The first-order valence-corrected chi connectivity index (χ1v) is 14.8. The number of nitrogens with one attached hydrogen (secondary N) is 1. The van der Waals surface area contributed by atoms with E-state index in [4.69, 9.17) is 9.47 Å². The Balaban J connectivity index is 1.62. The zero-order chi connectivity index (χ0) is 30.4. The fourth-order valence-electron chi connectivity index (χ4n) is 6.68. The van der Waals surface area contributed by atoms with Crippen LogP contribution in [0.5, 0.6) is 0 Å². The maximum atomic E-state index is 14.1. The van der Waals surface area contributed by atoms with Gasteiger partial charge in [-0.25, -0.2) is 0 Å². The summed E-state index contributed by atoms with van der Waals surface area (Å²) < 4.78 is 12.5. The lowest BCUT2D eigenvalue weighted by atomic mass is 9.70. The third kappa shape index (κ3) is 6.01. The van der Waals surface area contributed by atoms with Gasteiger partial charge in [0, 0.05) is 32.2 Å². The van der Waals surface area contributed by atoms with Crippen molar-refractivity contribution in [2.75, 3.05) is 26.2 Å². The largest absolute Gasteiger partial charge is 0.455 e. The van der Waals surface area contributed by atoms with Crippen LogP contribution in [0.25, 0.3) is 0 Å². The minimum Gasteiger partial charge on any atom is -0.455 e. The highest BCUT2D eigenvalue weighted by atomic mass is 16.6. The van der Waals surface area contributed by atoms with Crippen molar-refractivity contribution in [1.29, 1.82) is 0 Å². The Hall–Kier alpha value is -3.50. The maximum Gasteiger partial charge on any atom is 0.313 e. The van der Waals surface area contributed by atoms with Gasteiger partial charge in [-0.1, -0.05) is 42.5 Å². The van der Waals surface area contributed by atoms with Gasteiger partial charge in [-0.2, -0.15) is 0 Å². The van der Waals surface area contributed by atoms with Gasteiger partial charge in [0.05, 0.1) is 24.5 Å². The average Bonchev–Trinajstić information content (AvgIpc) is 3.62. The van der Waals surface area contributed by atoms with E-state index in [0.29, 0.717) is 37.8 Å². The first-order chi connectivity index (χ1) is 20.2. The molecule has 42 heavy (non-hydrogen) atoms. The number of likely N-dealkylation sites (tertiary alicyclic amines) is 1. The van der Waals surface area contributed by atoms with Crippen LogP contribution in [0.15, 0.2) is 55.6 Å². The third-order valence-electron chi connectivity index (χ3n) is 8.59. The first kappa shape index (κ1) is 31.4. The van der Waals surface area contributed by atoms with Crippen LogP contribution >= 0.6 is 0 Å². The van der Waals surface area contributed by atoms with Gasteiger partial charge in [0.1, 0.15) is 17.7 Å². The highest BCUT2D eigenvalue weighted by molar-refractivity contribution is 5.98. The number of ether oxygens (including phenoxy) is 2. The number of allylic oxidation sites excluding steroid dienone is 1. The summed E-state index contributed by atoms with van der Waals surface area (Å²) in [6.45, 7) is 11.6. The maximum absolute atomic E-state index is 14.1. The molecule has 3 heterocycles. The molecule has 1 spiro atoms. The van der Waals surface area contributed by atoms with E-state index < -0.39 is 41.7 Å². The number of amides is 3. The van der Waals surface area contributed by atoms with Crippen LogP contribution in [0.3, 0.4) is 0 Å². The molecular weight excluding hydrogens is 538 g/mol. The minimum absolute atomic E-state index is 0.0718. The topological polar surface area (TPSA) is 125 Å². The van der Waals surface area contributed by atoms with Crippen LogP contribution in [-0.4, -0.2) is 88.6 Å². The molecule has 228 valence electrons. The van der Waals surface area contributed by atoms with Crippen molar-refractivity contribution in [3.8, 4) is 0 Å². The van der Waals surface area contributed by atoms with Crippen LogP contribution in [0.1, 0.15) is 57.6 Å². The predicted octanol–water partition coefficient (Wildman–Crippen LogP) is 2.53. The standard InChI is InChI=1S/C32H43N3O7/c1-5-7-14-25(37)33-20-24(22-12-9-8-10-13-22)41-31(40)26-23-15-16-32(42-23)27(26)29(38)35(18-11-19-36)28(32)30(39)34(17-6-2)21(3)4/h5-6,8-10,12-13,21,23-24,26-28,36H,1-2,7,11,14-20H2,3-4H3,(H,33,37)/t23-,24+,26+,27+,28-,32+/m0/s1. The van der Waals surface area contributed by atoms with Crippen LogP contribution < -0.4 is 5.32 Å². The second-order valence-electron chi connectivity index (χ2n) is 11.5. The lowest BCUT2D eigenvalue weighted by Crippen LogP contribution is -2.57. The van der Waals surface area contributed by atoms with E-state index >= 15 is 0 Å². The number of aliphatic hydroxyl groups is 1. The van der Waals surface area contributed by atoms with E-state index in [1.807, 2.05) is 44.2 Å². The number of aliphatic hydroxyl groups excluding tert-OH is 1. The SMILES string of the molecule is C=CCCC(=O)NC[C@@H](OC(=O)[C@@H]1[C@@H]2CC[C@]3(O2)[C@H](C(=O)N(CC=C)C(C)C)N(CCCO)C(=O)[C@@H]13)c1ccccc1. The summed E-state index contributed by atoms with van der Waals surface area (Å²) >= 11 is 0. The highest BCUT2D eigenvalue weighted by Gasteiger charge is 2.75. The molecule has 2 bridgehead atoms. The van der Waals surface area contributed by atoms with Crippen LogP contribution in [-0.2, 0) is 28.7 Å². The number of fused-ring (bicyclic) bond motifs is 1. The Morgan fingerprint density at radius 1 is 1.24 bits per heavy atom. The zero-order valence-electron chi connectivity index (χ0n) is 24.6. The van der Waals surface area contributed by atoms with Gasteiger partial charge >= 0.3 is 5.97 Å². The number of benzene rings is 1. The number of hydrogen-bond acceptors (Lipinski definition) is 7. The molecule has 3 aliphatic heterocycles. The van der Waals surface area contributed by atoms with Crippen molar-refractivity contribution in [3.63, 3.8) is 0 Å². The molecule has 3 fully saturated rings. The summed E-state index contributed by atoms with van der Waals surface area (Å²) in [5, 5.41) is 12.4. The van der Waals surface area contributed by atoms with Crippen LogP contribution in [0.4, 0.5) is 0 Å². The molecule has 10 heteroatoms. The van der Waals surface area contributed by atoms with E-state index in [9.17, 15) is 24.3 Å². The molecule has 0 aliphatic carbocycles. The van der Waals surface area contributed by atoms with E-state index in [-0.39, 0.29) is 49.9 Å². The van der Waals surface area contributed by atoms with E-state index in [2.05, 4.69) is 18.5 Å². The third-order valence-corrected chi connectivity index (χ3v) is 8.59. The summed E-state index contributed by atoms with van der Waals surface area (Å²) in [6.07, 6.45) is 4.05. The Kier molecular flexibility index (Phi) is 10.2. The van der Waals surface area contributed by atoms with Crippen molar-refractivity contribution in [1.82, 2.24) is 15.1 Å². The molecular formula is C32H43N3O7.